The molecule has 0 saturated heterocycles. The second-order valence-electron chi connectivity index (χ2n) is 10.9. The molecule has 180 valence electrons. The van der Waals surface area contributed by atoms with Crippen LogP contribution in [0.5, 0.6) is 0 Å². The van der Waals surface area contributed by atoms with Crippen LogP contribution in [-0.4, -0.2) is 59.6 Å². The fourth-order valence-electron chi connectivity index (χ4n) is 1.30. The number of carbonyl (C=O) groups is 3. The molecule has 0 aromatic heterocycles. The summed E-state index contributed by atoms with van der Waals surface area (Å²) in [7, 11) is -2.50. The van der Waals surface area contributed by atoms with Crippen molar-refractivity contribution in [3.05, 3.63) is 10.6 Å². The van der Waals surface area contributed by atoms with E-state index in [9.17, 15) is 14.4 Å². The van der Waals surface area contributed by atoms with Gasteiger partial charge in [0.25, 0.3) is 0 Å². The number of amides is 3. The summed E-state index contributed by atoms with van der Waals surface area (Å²) < 4.78 is 0. The monoisotopic (exact) mass is 561 g/mol. The molecule has 0 fully saturated rings. The Kier molecular flexibility index (Phi) is 20.7. The molecule has 0 spiro atoms. The molecule has 31 heavy (non-hydrogen) atoms. The van der Waals surface area contributed by atoms with E-state index in [2.05, 4.69) is 16.0 Å². The smallest absolute Gasteiger partial charge is 0.190 e. The number of carbonyl (C=O) groups excluding carboxylic acids is 3. The first-order valence-electron chi connectivity index (χ1n) is 10.3. The van der Waals surface area contributed by atoms with Gasteiger partial charge in [-0.1, -0.05) is 80.8 Å². The van der Waals surface area contributed by atoms with Gasteiger partial charge in [-0.2, -0.15) is 0 Å². The summed E-state index contributed by atoms with van der Waals surface area (Å²) in [4.78, 5) is 33.2. The Bertz CT molecular complexity index is 461. The number of rotatable bonds is 3. The molecule has 0 atom stereocenters. The molecular weight excluding hydrogens is 515 g/mol. The zero-order chi connectivity index (χ0) is 25.1. The summed E-state index contributed by atoms with van der Waals surface area (Å²) in [6, 6.07) is 0. The van der Waals surface area contributed by atoms with Gasteiger partial charge >= 0.3 is 0 Å². The van der Waals surface area contributed by atoms with Crippen molar-refractivity contribution in [2.24, 2.45) is 0 Å². The van der Waals surface area contributed by atoms with E-state index in [0.717, 1.165) is 0 Å². The Morgan fingerprint density at radius 1 is 0.581 bits per heavy atom. The van der Waals surface area contributed by atoms with Crippen LogP contribution in [0, 0.1) is 0 Å². The van der Waals surface area contributed by atoms with Crippen LogP contribution in [0.25, 0.3) is 10.6 Å². The molecule has 3 amide bonds. The Morgan fingerprint density at radius 2 is 0.839 bits per heavy atom. The molecule has 0 aliphatic rings. The van der Waals surface area contributed by atoms with E-state index in [0.29, 0.717) is 0 Å². The number of nitrogens with one attached hydrogen (secondary N) is 1. The van der Waals surface area contributed by atoms with Crippen LogP contribution in [0.15, 0.2) is 0 Å². The molecule has 10 heteroatoms. The maximum atomic E-state index is 11.1. The van der Waals surface area contributed by atoms with E-state index >= 15 is 0 Å². The minimum Gasteiger partial charge on any atom is -0.653 e. The van der Waals surface area contributed by atoms with E-state index < -0.39 is 26.4 Å². The molecule has 6 nitrogen and oxygen atoms in total. The van der Waals surface area contributed by atoms with Crippen molar-refractivity contribution in [1.29, 1.82) is 0 Å². The Morgan fingerprint density at radius 3 is 0.903 bits per heavy atom. The predicted octanol–water partition coefficient (Wildman–Crippen LogP) is 7.06. The molecule has 0 aromatic rings. The van der Waals surface area contributed by atoms with Gasteiger partial charge in [0.1, 0.15) is 17.6 Å². The molecule has 0 aliphatic carbocycles. The second-order valence-corrected chi connectivity index (χ2v) is 18.2. The molecule has 1 N–H and O–H groups in total. The van der Waals surface area contributed by atoms with Gasteiger partial charge in [0.2, 0.25) is 0 Å². The molecule has 0 bridgehead atoms. The normalized spacial score (nSPS) is 11.4. The molecule has 0 heterocycles. The first-order valence-corrected chi connectivity index (χ1v) is 17.8. The van der Waals surface area contributed by atoms with Gasteiger partial charge in [0.15, 0.2) is 14.3 Å². The van der Waals surface area contributed by atoms with Crippen molar-refractivity contribution in [2.45, 2.75) is 118 Å². The quantitative estimate of drug-likeness (QED) is 0.374. The van der Waals surface area contributed by atoms with Crippen LogP contribution in [0.3, 0.4) is 0 Å². The van der Waals surface area contributed by atoms with Crippen molar-refractivity contribution in [1.82, 2.24) is 5.32 Å². The first-order chi connectivity index (χ1) is 13.0. The molecule has 0 aromatic carbocycles. The van der Waals surface area contributed by atoms with Crippen LogP contribution >= 0.6 is 0 Å². The van der Waals surface area contributed by atoms with Gasteiger partial charge in [-0.25, -0.2) is 0 Å². The zero-order valence-corrected chi connectivity index (χ0v) is 28.5. The maximum Gasteiger partial charge on any atom is 0.190 e. The molecular formula is C21H46N3O3Si3Y-2. The van der Waals surface area contributed by atoms with Gasteiger partial charge in [0.05, 0.1) is 0 Å². The van der Waals surface area contributed by atoms with Crippen molar-refractivity contribution in [3.8, 4) is 0 Å². The topological polar surface area (TPSA) is 91.4 Å². The van der Waals surface area contributed by atoms with E-state index in [4.69, 9.17) is 0 Å². The second kappa shape index (κ2) is 16.7. The van der Waals surface area contributed by atoms with E-state index in [1.54, 1.807) is 0 Å². The molecule has 0 rings (SSSR count). The third-order valence-corrected chi connectivity index (χ3v) is 5.64. The minimum atomic E-state index is -0.851. The molecule has 0 aliphatic heterocycles. The molecule has 0 saturated carbocycles. The average Bonchev–Trinajstić information content (AvgIpc) is 2.42. The van der Waals surface area contributed by atoms with E-state index in [1.165, 1.54) is 0 Å². The van der Waals surface area contributed by atoms with E-state index in [1.807, 2.05) is 102 Å². The number of hydrogen-bond donors (Lipinski definition) is 1. The SMILES string of the molecule is C[Si](C)C(=O)NC(C)(C)C.C[Si](C)C(=O)[N-]C(C)(C)C.C[Si](C)C(=O)[N-]C(C)(C)C.[Y]. The largest absolute Gasteiger partial charge is 0.653 e. The van der Waals surface area contributed by atoms with Gasteiger partial charge in [-0.3, -0.25) is 4.79 Å². The van der Waals surface area contributed by atoms with Gasteiger partial charge in [-0.05, 0) is 20.8 Å². The van der Waals surface area contributed by atoms with Crippen molar-refractivity contribution >= 4 is 43.0 Å². The fraction of sp³-hybridized carbons (Fsp3) is 0.857. The van der Waals surface area contributed by atoms with E-state index in [-0.39, 0.29) is 65.9 Å². The van der Waals surface area contributed by atoms with Crippen LogP contribution < -0.4 is 5.32 Å². The van der Waals surface area contributed by atoms with Crippen molar-refractivity contribution in [3.63, 3.8) is 0 Å². The van der Waals surface area contributed by atoms with Crippen LogP contribution in [0.2, 0.25) is 39.3 Å². The Balaban J connectivity index is -0.000000174. The average molecular weight is 562 g/mol. The Hall–Kier alpha value is 0.165. The van der Waals surface area contributed by atoms with Crippen LogP contribution in [0.1, 0.15) is 62.3 Å². The maximum absolute atomic E-state index is 11.1. The summed E-state index contributed by atoms with van der Waals surface area (Å²) in [6.45, 7) is 29.5. The minimum absolute atomic E-state index is 0. The third kappa shape index (κ3) is 32.4. The summed E-state index contributed by atoms with van der Waals surface area (Å²) in [6.07, 6.45) is 0. The first kappa shape index (κ1) is 38.4. The summed E-state index contributed by atoms with van der Waals surface area (Å²) >= 11 is 0. The Labute approximate surface area is 223 Å². The number of hydrogen-bond acceptors (Lipinski definition) is 3. The third-order valence-electron chi connectivity index (χ3n) is 2.67. The standard InChI is InChI=1S/3C7H16NOSi.Y/c3*1-7(2,3)8-6(9)10(4)5;/h3*1-5H3,(H,8,9);/p-2. The van der Waals surface area contributed by atoms with Gasteiger partial charge in [-0.15, -0.1) is 11.1 Å². The predicted molar refractivity (Wildman–Crippen MR) is 138 cm³/mol. The number of nitrogens with zero attached hydrogens (tertiary/aromatic N) is 2. The van der Waals surface area contributed by atoms with Gasteiger partial charge in [0, 0.05) is 49.3 Å². The zero-order valence-electron chi connectivity index (χ0n) is 22.7. The van der Waals surface area contributed by atoms with Crippen molar-refractivity contribution in [2.75, 3.05) is 0 Å². The molecule has 4 radical (unpaired) electrons. The summed E-state index contributed by atoms with van der Waals surface area (Å²) in [5.41, 5.74) is -0.0515. The molecule has 0 unspecified atom stereocenters. The van der Waals surface area contributed by atoms with Gasteiger partial charge < -0.3 is 25.5 Å². The fourth-order valence-corrected chi connectivity index (χ4v) is 3.04. The summed E-state index contributed by atoms with van der Waals surface area (Å²) in [5.74, 6) is 0. The van der Waals surface area contributed by atoms with Crippen LogP contribution in [0.4, 0.5) is 14.4 Å². The summed E-state index contributed by atoms with van der Waals surface area (Å²) in [5, 5.41) is 11.0. The van der Waals surface area contributed by atoms with Crippen molar-refractivity contribution < 1.29 is 47.1 Å². The van der Waals surface area contributed by atoms with Crippen LogP contribution in [-0.2, 0) is 32.7 Å².